The first-order valence-corrected chi connectivity index (χ1v) is 8.35. The van der Waals surface area contributed by atoms with Crippen LogP contribution in [0, 0.1) is 5.92 Å². The maximum Gasteiger partial charge on any atom is 0.253 e. The third-order valence-electron chi connectivity index (χ3n) is 4.11. The number of anilines is 1. The SMILES string of the molecule is CC(C)C(CNC(=O)c1ccc(Br)cc1N)N1CCCC1. The largest absolute Gasteiger partial charge is 0.398 e. The lowest BCUT2D eigenvalue weighted by molar-refractivity contribution is 0.0928. The highest BCUT2D eigenvalue weighted by Crippen LogP contribution is 2.20. The first kappa shape index (κ1) is 16.3. The van der Waals surface area contributed by atoms with Gasteiger partial charge in [0.05, 0.1) is 5.56 Å². The highest BCUT2D eigenvalue weighted by atomic mass is 79.9. The Morgan fingerprint density at radius 2 is 2.05 bits per heavy atom. The molecule has 21 heavy (non-hydrogen) atoms. The molecule has 0 spiro atoms. The monoisotopic (exact) mass is 353 g/mol. The van der Waals surface area contributed by atoms with Crippen LogP contribution in [0.1, 0.15) is 37.0 Å². The maximum absolute atomic E-state index is 12.3. The fourth-order valence-electron chi connectivity index (χ4n) is 2.89. The molecule has 0 radical (unpaired) electrons. The molecule has 0 saturated carbocycles. The van der Waals surface area contributed by atoms with Gasteiger partial charge in [0.1, 0.15) is 0 Å². The van der Waals surface area contributed by atoms with Crippen molar-refractivity contribution in [3.05, 3.63) is 28.2 Å². The minimum Gasteiger partial charge on any atom is -0.398 e. The van der Waals surface area contributed by atoms with E-state index >= 15 is 0 Å². The van der Waals surface area contributed by atoms with Gasteiger partial charge < -0.3 is 11.1 Å². The second kappa shape index (κ2) is 7.27. The molecule has 5 heteroatoms. The zero-order chi connectivity index (χ0) is 15.4. The van der Waals surface area contributed by atoms with Gasteiger partial charge in [-0.2, -0.15) is 0 Å². The van der Waals surface area contributed by atoms with Crippen LogP contribution in [0.15, 0.2) is 22.7 Å². The van der Waals surface area contributed by atoms with E-state index in [-0.39, 0.29) is 5.91 Å². The van der Waals surface area contributed by atoms with Crippen molar-refractivity contribution in [2.75, 3.05) is 25.4 Å². The van der Waals surface area contributed by atoms with E-state index in [2.05, 4.69) is 40.0 Å². The summed E-state index contributed by atoms with van der Waals surface area (Å²) in [5.41, 5.74) is 6.96. The molecule has 0 bridgehead atoms. The molecule has 116 valence electrons. The summed E-state index contributed by atoms with van der Waals surface area (Å²) >= 11 is 3.35. The summed E-state index contributed by atoms with van der Waals surface area (Å²) < 4.78 is 0.883. The number of halogens is 1. The Kier molecular flexibility index (Phi) is 5.65. The van der Waals surface area contributed by atoms with Crippen LogP contribution in [0.5, 0.6) is 0 Å². The van der Waals surface area contributed by atoms with E-state index in [4.69, 9.17) is 5.73 Å². The maximum atomic E-state index is 12.3. The highest BCUT2D eigenvalue weighted by Gasteiger charge is 2.25. The number of likely N-dealkylation sites (tertiary alicyclic amines) is 1. The lowest BCUT2D eigenvalue weighted by atomic mass is 10.0. The molecule has 1 amide bonds. The molecule has 0 aliphatic carbocycles. The predicted molar refractivity (Wildman–Crippen MR) is 90.3 cm³/mol. The van der Waals surface area contributed by atoms with Gasteiger partial charge in [0, 0.05) is 22.7 Å². The molecule has 1 aliphatic rings. The molecule has 1 aliphatic heterocycles. The van der Waals surface area contributed by atoms with Crippen molar-refractivity contribution in [1.82, 2.24) is 10.2 Å². The average molecular weight is 354 g/mol. The molecule has 2 rings (SSSR count). The fourth-order valence-corrected chi connectivity index (χ4v) is 3.27. The normalized spacial score (nSPS) is 17.1. The van der Waals surface area contributed by atoms with Gasteiger partial charge in [-0.15, -0.1) is 0 Å². The van der Waals surface area contributed by atoms with E-state index in [0.29, 0.717) is 29.8 Å². The summed E-state index contributed by atoms with van der Waals surface area (Å²) in [6, 6.07) is 5.75. The average Bonchev–Trinajstić information content (AvgIpc) is 2.92. The predicted octanol–water partition coefficient (Wildman–Crippen LogP) is 2.88. The molecule has 1 aromatic carbocycles. The van der Waals surface area contributed by atoms with Crippen LogP contribution in [0.4, 0.5) is 5.69 Å². The van der Waals surface area contributed by atoms with Crippen LogP contribution in [-0.2, 0) is 0 Å². The van der Waals surface area contributed by atoms with E-state index < -0.39 is 0 Å². The number of benzene rings is 1. The van der Waals surface area contributed by atoms with Crippen molar-refractivity contribution in [1.29, 1.82) is 0 Å². The first-order chi connectivity index (χ1) is 9.99. The molecule has 4 nitrogen and oxygen atoms in total. The summed E-state index contributed by atoms with van der Waals surface area (Å²) in [4.78, 5) is 14.8. The number of carbonyl (C=O) groups is 1. The van der Waals surface area contributed by atoms with Crippen LogP contribution in [0.3, 0.4) is 0 Å². The van der Waals surface area contributed by atoms with E-state index in [0.717, 1.165) is 17.6 Å². The summed E-state index contributed by atoms with van der Waals surface area (Å²) in [7, 11) is 0. The molecule has 0 aromatic heterocycles. The van der Waals surface area contributed by atoms with Gasteiger partial charge >= 0.3 is 0 Å². The Morgan fingerprint density at radius 1 is 1.38 bits per heavy atom. The fraction of sp³-hybridized carbons (Fsp3) is 0.562. The van der Waals surface area contributed by atoms with Crippen molar-refractivity contribution in [2.45, 2.75) is 32.7 Å². The number of hydrogen-bond donors (Lipinski definition) is 2. The molecule has 1 fully saturated rings. The Labute approximate surface area is 135 Å². The second-order valence-electron chi connectivity index (χ2n) is 6.00. The lowest BCUT2D eigenvalue weighted by Crippen LogP contribution is -2.45. The molecule has 1 aromatic rings. The van der Waals surface area contributed by atoms with E-state index in [9.17, 15) is 4.79 Å². The van der Waals surface area contributed by atoms with Gasteiger partial charge in [-0.1, -0.05) is 29.8 Å². The number of rotatable bonds is 5. The van der Waals surface area contributed by atoms with Crippen molar-refractivity contribution in [3.63, 3.8) is 0 Å². The zero-order valence-electron chi connectivity index (χ0n) is 12.7. The van der Waals surface area contributed by atoms with Crippen molar-refractivity contribution < 1.29 is 4.79 Å². The minimum atomic E-state index is -0.0927. The quantitative estimate of drug-likeness (QED) is 0.800. The van der Waals surface area contributed by atoms with Crippen molar-refractivity contribution in [3.8, 4) is 0 Å². The highest BCUT2D eigenvalue weighted by molar-refractivity contribution is 9.10. The molecule has 1 heterocycles. The molecular weight excluding hydrogens is 330 g/mol. The molecular formula is C16H24BrN3O. The third kappa shape index (κ3) is 4.20. The molecule has 3 N–H and O–H groups in total. The Balaban J connectivity index is 1.98. The van der Waals surface area contributed by atoms with Gasteiger partial charge in [-0.25, -0.2) is 0 Å². The van der Waals surface area contributed by atoms with Gasteiger partial charge in [0.25, 0.3) is 5.91 Å². The number of hydrogen-bond acceptors (Lipinski definition) is 3. The van der Waals surface area contributed by atoms with Crippen LogP contribution >= 0.6 is 15.9 Å². The standard InChI is InChI=1S/C16H24BrN3O/c1-11(2)15(20-7-3-4-8-20)10-19-16(21)13-6-5-12(17)9-14(13)18/h5-6,9,11,15H,3-4,7-8,10,18H2,1-2H3,(H,19,21). The van der Waals surface area contributed by atoms with E-state index in [1.54, 1.807) is 12.1 Å². The Hall–Kier alpha value is -1.07. The van der Waals surface area contributed by atoms with Gasteiger partial charge in [0.15, 0.2) is 0 Å². The lowest BCUT2D eigenvalue weighted by Gasteiger charge is -2.31. The summed E-state index contributed by atoms with van der Waals surface area (Å²) in [6.45, 7) is 7.37. The van der Waals surface area contributed by atoms with Crippen molar-refractivity contribution >= 4 is 27.5 Å². The summed E-state index contributed by atoms with van der Waals surface area (Å²) in [5, 5.41) is 3.04. The Morgan fingerprint density at radius 3 is 2.62 bits per heavy atom. The smallest absolute Gasteiger partial charge is 0.253 e. The number of nitrogen functional groups attached to an aromatic ring is 1. The zero-order valence-corrected chi connectivity index (χ0v) is 14.3. The number of carbonyl (C=O) groups excluding carboxylic acids is 1. The topological polar surface area (TPSA) is 58.4 Å². The third-order valence-corrected chi connectivity index (χ3v) is 4.60. The number of nitrogens with zero attached hydrogens (tertiary/aromatic N) is 1. The number of amides is 1. The number of nitrogens with two attached hydrogens (primary N) is 1. The number of nitrogens with one attached hydrogen (secondary N) is 1. The van der Waals surface area contributed by atoms with Gasteiger partial charge in [-0.3, -0.25) is 9.69 Å². The first-order valence-electron chi connectivity index (χ1n) is 7.56. The molecule has 1 atom stereocenters. The van der Waals surface area contributed by atoms with Gasteiger partial charge in [0.2, 0.25) is 0 Å². The molecule has 1 unspecified atom stereocenters. The second-order valence-corrected chi connectivity index (χ2v) is 6.91. The van der Waals surface area contributed by atoms with E-state index in [1.165, 1.54) is 12.8 Å². The molecule has 1 saturated heterocycles. The van der Waals surface area contributed by atoms with Gasteiger partial charge in [-0.05, 0) is 50.0 Å². The van der Waals surface area contributed by atoms with E-state index in [1.807, 2.05) is 6.07 Å². The van der Waals surface area contributed by atoms with Crippen molar-refractivity contribution in [2.24, 2.45) is 5.92 Å². The van der Waals surface area contributed by atoms with Crippen LogP contribution < -0.4 is 11.1 Å². The summed E-state index contributed by atoms with van der Waals surface area (Å²) in [6.07, 6.45) is 2.52. The summed E-state index contributed by atoms with van der Waals surface area (Å²) in [5.74, 6) is 0.426. The minimum absolute atomic E-state index is 0.0927. The van der Waals surface area contributed by atoms with Crippen LogP contribution in [-0.4, -0.2) is 36.5 Å². The van der Waals surface area contributed by atoms with Crippen LogP contribution in [0.2, 0.25) is 0 Å². The van der Waals surface area contributed by atoms with Crippen LogP contribution in [0.25, 0.3) is 0 Å². The Bertz CT molecular complexity index is 498.